The van der Waals surface area contributed by atoms with E-state index in [9.17, 15) is 20.4 Å². The molecule has 1 amide bonds. The van der Waals surface area contributed by atoms with E-state index in [4.69, 9.17) is 14.2 Å². The lowest BCUT2D eigenvalue weighted by Gasteiger charge is -2.74. The van der Waals surface area contributed by atoms with Crippen LogP contribution in [0.25, 0.3) is 0 Å². The number of aliphatic hydroxyl groups is 4. The van der Waals surface area contributed by atoms with Crippen LogP contribution in [0.1, 0.15) is 67.7 Å². The Hall–Kier alpha value is -3.07. The van der Waals surface area contributed by atoms with E-state index in [0.29, 0.717) is 12.8 Å². The van der Waals surface area contributed by atoms with Crippen molar-refractivity contribution in [1.82, 2.24) is 5.32 Å². The molecule has 19 atom stereocenters. The van der Waals surface area contributed by atoms with Crippen molar-refractivity contribution >= 4 is 29.0 Å². The molecule has 3 spiro atoms. The topological polar surface area (TPSA) is 206 Å². The number of amides is 1. The first-order valence-electron chi connectivity index (χ1n) is 20.1. The number of ether oxygens (including phenoxy) is 3. The maximum Gasteiger partial charge on any atom is 0.235 e. The zero-order valence-corrected chi connectivity index (χ0v) is 32.0. The standard InChI is InChI=1S/C42H49NO12/c1-15(2)10-21-26-18(5)17(4)12-20-11-16(3)8-9-22(44)27-24-25(29(46)37(20,26)34(49)43-21)30-38-19(6)28(45)41(51)36-14-53-13-23(36)35(38,7)32(47)39(50,33(36)48)40(38,31(24)54-30)42(41,52)55-27/h11-13,15,18-22,24-27,30-31,44,50-52H,8-10,14H2,1-7H3,(H,43,49). The molecule has 6 aliphatic carbocycles. The summed E-state index contributed by atoms with van der Waals surface area (Å²) in [6.45, 7) is 12.5. The summed E-state index contributed by atoms with van der Waals surface area (Å²) in [5.74, 6) is -12.3. The van der Waals surface area contributed by atoms with Crippen LogP contribution >= 0.6 is 0 Å². The normalized spacial score (nSPS) is 59.9. The monoisotopic (exact) mass is 759 g/mol. The highest BCUT2D eigenvalue weighted by atomic mass is 16.7. The summed E-state index contributed by atoms with van der Waals surface area (Å²) >= 11 is 0. The van der Waals surface area contributed by atoms with Gasteiger partial charge in [-0.15, -0.1) is 0 Å². The Balaban J connectivity index is 1.25. The van der Waals surface area contributed by atoms with Crippen molar-refractivity contribution in [2.45, 2.75) is 115 Å². The van der Waals surface area contributed by atoms with Crippen molar-refractivity contribution in [3.63, 3.8) is 0 Å². The predicted molar refractivity (Wildman–Crippen MR) is 187 cm³/mol. The van der Waals surface area contributed by atoms with E-state index in [1.165, 1.54) is 20.1 Å². The van der Waals surface area contributed by atoms with Crippen molar-refractivity contribution in [3.05, 3.63) is 35.1 Å². The molecule has 0 aromatic carbocycles. The van der Waals surface area contributed by atoms with Crippen LogP contribution in [0.4, 0.5) is 0 Å². The van der Waals surface area contributed by atoms with Gasteiger partial charge in [0.15, 0.2) is 34.3 Å². The summed E-state index contributed by atoms with van der Waals surface area (Å²) in [4.78, 5) is 77.3. The molecule has 19 unspecified atom stereocenters. The van der Waals surface area contributed by atoms with Crippen LogP contribution in [0, 0.1) is 68.5 Å². The Kier molecular flexibility index (Phi) is 6.03. The summed E-state index contributed by atoms with van der Waals surface area (Å²) in [6, 6.07) is -0.362. The first-order valence-corrected chi connectivity index (χ1v) is 20.1. The van der Waals surface area contributed by atoms with E-state index in [-0.39, 0.29) is 29.9 Å². The van der Waals surface area contributed by atoms with Gasteiger partial charge in [-0.3, -0.25) is 24.0 Å². The van der Waals surface area contributed by atoms with Crippen molar-refractivity contribution in [2.24, 2.45) is 68.5 Å². The minimum Gasteiger partial charge on any atom is -0.500 e. The fraction of sp³-hybridized carbons (Fsp3) is 0.738. The summed E-state index contributed by atoms with van der Waals surface area (Å²) < 4.78 is 19.5. The van der Waals surface area contributed by atoms with Crippen LogP contribution in [0.5, 0.6) is 0 Å². The molecule has 4 saturated heterocycles. The van der Waals surface area contributed by atoms with E-state index >= 15 is 24.0 Å². The van der Waals surface area contributed by atoms with Crippen LogP contribution in [0.15, 0.2) is 35.1 Å². The molecule has 0 aromatic heterocycles. The highest BCUT2D eigenvalue weighted by Crippen LogP contribution is 2.95. The molecule has 294 valence electrons. The summed E-state index contributed by atoms with van der Waals surface area (Å²) in [5, 5.41) is 55.3. The van der Waals surface area contributed by atoms with Crippen molar-refractivity contribution in [3.8, 4) is 0 Å². The van der Waals surface area contributed by atoms with E-state index in [1.54, 1.807) is 0 Å². The summed E-state index contributed by atoms with van der Waals surface area (Å²) in [6.07, 6.45) is 0.299. The van der Waals surface area contributed by atoms with E-state index < -0.39 is 134 Å². The first-order chi connectivity index (χ1) is 25.7. The van der Waals surface area contributed by atoms with Gasteiger partial charge in [-0.05, 0) is 57.4 Å². The van der Waals surface area contributed by atoms with E-state index in [2.05, 4.69) is 19.2 Å². The third-order valence-corrected chi connectivity index (χ3v) is 18.1. The second-order valence-electron chi connectivity index (χ2n) is 19.8. The molecule has 5 aliphatic heterocycles. The lowest BCUT2D eigenvalue weighted by Crippen LogP contribution is -2.96. The number of rotatable bonds is 2. The fourth-order valence-corrected chi connectivity index (χ4v) is 16.5. The second kappa shape index (κ2) is 9.45. The minimum atomic E-state index is -3.15. The number of carbonyl (C=O) groups excluding carboxylic acids is 5. The van der Waals surface area contributed by atoms with Gasteiger partial charge in [0, 0.05) is 35.1 Å². The Morgan fingerprint density at radius 2 is 1.69 bits per heavy atom. The van der Waals surface area contributed by atoms with Gasteiger partial charge < -0.3 is 40.0 Å². The molecule has 7 bridgehead atoms. The van der Waals surface area contributed by atoms with Crippen molar-refractivity contribution in [2.75, 3.05) is 6.61 Å². The zero-order valence-electron chi connectivity index (χ0n) is 32.0. The Morgan fingerprint density at radius 1 is 0.982 bits per heavy atom. The van der Waals surface area contributed by atoms with Crippen LogP contribution in [-0.4, -0.2) is 104 Å². The van der Waals surface area contributed by atoms with Gasteiger partial charge in [-0.25, -0.2) is 0 Å². The molecule has 13 heteroatoms. The number of fused-ring (bicyclic) bond motifs is 4. The number of carbonyl (C=O) groups is 5. The second-order valence-corrected chi connectivity index (χ2v) is 19.8. The lowest BCUT2D eigenvalue weighted by atomic mass is 9.31. The maximum absolute atomic E-state index is 16.5. The van der Waals surface area contributed by atoms with Crippen molar-refractivity contribution in [1.29, 1.82) is 0 Å². The smallest absolute Gasteiger partial charge is 0.235 e. The van der Waals surface area contributed by atoms with E-state index in [1.807, 2.05) is 32.9 Å². The number of hydrogen-bond acceptors (Lipinski definition) is 12. The average Bonchev–Trinajstić information content (AvgIpc) is 3.90. The van der Waals surface area contributed by atoms with E-state index in [0.717, 1.165) is 11.1 Å². The molecular weight excluding hydrogens is 710 g/mol. The molecule has 11 aliphatic rings. The average molecular weight is 760 g/mol. The van der Waals surface area contributed by atoms with Crippen LogP contribution in [-0.2, 0) is 38.2 Å². The zero-order chi connectivity index (χ0) is 39.3. The Labute approximate surface area is 317 Å². The number of nitrogens with one attached hydrogen (secondary N) is 1. The van der Waals surface area contributed by atoms with Gasteiger partial charge in [-0.1, -0.05) is 51.0 Å². The number of aliphatic hydroxyl groups excluding tert-OH is 1. The largest absolute Gasteiger partial charge is 0.500 e. The van der Waals surface area contributed by atoms with Crippen LogP contribution in [0.3, 0.4) is 0 Å². The first kappa shape index (κ1) is 35.1. The minimum absolute atomic E-state index is 0.0618. The highest BCUT2D eigenvalue weighted by Gasteiger charge is 3.12. The molecule has 11 rings (SSSR count). The molecule has 0 radical (unpaired) electrons. The Bertz CT molecular complexity index is 2110. The molecule has 5 N–H and O–H groups in total. The Morgan fingerprint density at radius 3 is 2.38 bits per heavy atom. The van der Waals surface area contributed by atoms with Gasteiger partial charge in [0.25, 0.3) is 0 Å². The van der Waals surface area contributed by atoms with Gasteiger partial charge in [-0.2, -0.15) is 0 Å². The summed E-state index contributed by atoms with van der Waals surface area (Å²) in [7, 11) is 0. The molecule has 55 heavy (non-hydrogen) atoms. The van der Waals surface area contributed by atoms with Crippen LogP contribution < -0.4 is 5.32 Å². The van der Waals surface area contributed by atoms with Crippen molar-refractivity contribution < 1.29 is 58.6 Å². The SMILES string of the molecule is CC1=CC2C=C(C)C(C)C3C(CC(C)C)NC(=O)C23C(=O)C2C3C(OC4(O)C5(O)C(=O)C(C)C67C2OC3C46C2(O)C(=O)C7(C)C3=COCC35C2=O)C(O)CC1. The maximum atomic E-state index is 16.5. The van der Waals surface area contributed by atoms with Crippen LogP contribution in [0.2, 0.25) is 0 Å². The number of ketones is 4. The quantitative estimate of drug-likeness (QED) is 0.197. The third-order valence-electron chi connectivity index (χ3n) is 18.1. The lowest BCUT2D eigenvalue weighted by molar-refractivity contribution is -0.464. The fourth-order valence-electron chi connectivity index (χ4n) is 16.5. The van der Waals surface area contributed by atoms with Gasteiger partial charge in [0.1, 0.15) is 22.9 Å². The molecule has 5 heterocycles. The molecule has 13 nitrogen and oxygen atoms in total. The molecule has 8 fully saturated rings. The summed E-state index contributed by atoms with van der Waals surface area (Å²) in [5.41, 5.74) is -14.9. The van der Waals surface area contributed by atoms with Gasteiger partial charge in [0.2, 0.25) is 11.7 Å². The predicted octanol–water partition coefficient (Wildman–Crippen LogP) is 0.856. The van der Waals surface area contributed by atoms with Gasteiger partial charge in [0.05, 0.1) is 42.0 Å². The molecule has 0 aromatic rings. The van der Waals surface area contributed by atoms with Gasteiger partial charge >= 0.3 is 0 Å². The number of hydrogen-bond donors (Lipinski definition) is 5. The number of Topliss-reactive ketones (excluding diaryl/α,β-unsaturated/α-hetero) is 4. The molecule has 4 saturated carbocycles. The highest BCUT2D eigenvalue weighted by molar-refractivity contribution is 6.29. The third kappa shape index (κ3) is 2.71. The number of allylic oxidation sites excluding steroid dienone is 4. The molecular formula is C42H49NO12.